The lowest BCUT2D eigenvalue weighted by Crippen LogP contribution is -2.30. The first-order valence-electron chi connectivity index (χ1n) is 7.46. The molecule has 0 bridgehead atoms. The van der Waals surface area contributed by atoms with Gasteiger partial charge in [-0.15, -0.1) is 0 Å². The van der Waals surface area contributed by atoms with Crippen LogP contribution >= 0.6 is 0 Å². The maximum Gasteiger partial charge on any atom is 0.235 e. The lowest BCUT2D eigenvalue weighted by molar-refractivity contribution is -0.0258. The Balaban J connectivity index is 2.06. The second-order valence-corrected chi connectivity index (χ2v) is 7.07. The highest BCUT2D eigenvalue weighted by Gasteiger charge is 2.16. The smallest absolute Gasteiger partial charge is 0.235 e. The summed E-state index contributed by atoms with van der Waals surface area (Å²) in [6.07, 6.45) is 6.52. The fraction of sp³-hybridized carbons (Fsp3) is 0.571. The Morgan fingerprint density at radius 1 is 1.26 bits per heavy atom. The average molecular weight is 343 g/mol. The van der Waals surface area contributed by atoms with E-state index in [0.29, 0.717) is 13.0 Å². The molecule has 0 spiro atoms. The first-order valence-corrected chi connectivity index (χ1v) is 9.07. The Bertz CT molecular complexity index is 565. The minimum absolute atomic E-state index is 0.0875. The highest BCUT2D eigenvalue weighted by molar-refractivity contribution is 7.88. The molecule has 0 aliphatic heterocycles. The summed E-state index contributed by atoms with van der Waals surface area (Å²) in [5.41, 5.74) is 0.810. The molecule has 1 aromatic rings. The molecule has 0 aliphatic carbocycles. The summed E-state index contributed by atoms with van der Waals surface area (Å²) in [7, 11) is -0.584. The molecule has 0 aliphatic rings. The zero-order chi connectivity index (χ0) is 17.1. The van der Waals surface area contributed by atoms with E-state index < -0.39 is 10.0 Å². The van der Waals surface area contributed by atoms with Crippen molar-refractivity contribution in [2.24, 2.45) is 0 Å². The number of anilines is 1. The Morgan fingerprint density at radius 3 is 2.57 bits per heavy atom. The number of hydroxylamine groups is 1. The van der Waals surface area contributed by atoms with Gasteiger partial charge in [-0.1, -0.05) is 17.3 Å². The van der Waals surface area contributed by atoms with E-state index >= 15 is 0 Å². The summed E-state index contributed by atoms with van der Waals surface area (Å²) >= 11 is 0. The van der Waals surface area contributed by atoms with E-state index in [1.165, 1.54) is 14.2 Å². The monoisotopic (exact) mass is 343 g/mol. The molecule has 1 aromatic heterocycles. The highest BCUT2D eigenvalue weighted by Crippen LogP contribution is 2.06. The second kappa shape index (κ2) is 10.1. The third-order valence-electron chi connectivity index (χ3n) is 3.23. The summed E-state index contributed by atoms with van der Waals surface area (Å²) in [6.45, 7) is 0.668. The number of nitrogens with one attached hydrogen (secondary N) is 3. The zero-order valence-corrected chi connectivity index (χ0v) is 14.4. The molecule has 1 rings (SSSR count). The SMILES string of the molecule is CON(C)S(=O)(=O)CCCCCCNC(=N)Nc1ccncc1. The van der Waals surface area contributed by atoms with E-state index in [0.717, 1.165) is 29.4 Å². The van der Waals surface area contributed by atoms with Gasteiger partial charge in [-0.25, -0.2) is 8.42 Å². The van der Waals surface area contributed by atoms with E-state index in [1.807, 2.05) is 0 Å². The van der Waals surface area contributed by atoms with Crippen LogP contribution in [0.25, 0.3) is 0 Å². The average Bonchev–Trinajstić information content (AvgIpc) is 2.54. The van der Waals surface area contributed by atoms with E-state index in [1.54, 1.807) is 24.5 Å². The van der Waals surface area contributed by atoms with Crippen molar-refractivity contribution < 1.29 is 13.3 Å². The molecular weight excluding hydrogens is 318 g/mol. The van der Waals surface area contributed by atoms with Crippen molar-refractivity contribution in [2.75, 3.05) is 31.8 Å². The number of guanidine groups is 1. The number of hydrogen-bond donors (Lipinski definition) is 3. The van der Waals surface area contributed by atoms with Crippen LogP contribution in [0.4, 0.5) is 5.69 Å². The van der Waals surface area contributed by atoms with Crippen molar-refractivity contribution >= 4 is 21.7 Å². The minimum Gasteiger partial charge on any atom is -0.356 e. The van der Waals surface area contributed by atoms with Gasteiger partial charge in [0.05, 0.1) is 12.9 Å². The van der Waals surface area contributed by atoms with Gasteiger partial charge in [0.15, 0.2) is 5.96 Å². The zero-order valence-electron chi connectivity index (χ0n) is 13.6. The Hall–Kier alpha value is -1.71. The Kier molecular flexibility index (Phi) is 8.52. The predicted molar refractivity (Wildman–Crippen MR) is 90.6 cm³/mol. The molecule has 23 heavy (non-hydrogen) atoms. The lowest BCUT2D eigenvalue weighted by atomic mass is 10.2. The molecule has 9 heteroatoms. The topological polar surface area (TPSA) is 107 Å². The van der Waals surface area contributed by atoms with E-state index in [2.05, 4.69) is 20.5 Å². The molecule has 130 valence electrons. The predicted octanol–water partition coefficient (Wildman–Crippen LogP) is 1.40. The second-order valence-electron chi connectivity index (χ2n) is 4.99. The van der Waals surface area contributed by atoms with Crippen molar-refractivity contribution in [2.45, 2.75) is 25.7 Å². The van der Waals surface area contributed by atoms with Gasteiger partial charge in [0, 0.05) is 31.7 Å². The fourth-order valence-electron chi connectivity index (χ4n) is 1.84. The number of aromatic nitrogens is 1. The number of rotatable bonds is 10. The van der Waals surface area contributed by atoms with E-state index in [-0.39, 0.29) is 11.7 Å². The maximum atomic E-state index is 11.7. The summed E-state index contributed by atoms with van der Waals surface area (Å²) in [6, 6.07) is 3.57. The fourth-order valence-corrected chi connectivity index (χ4v) is 2.90. The maximum absolute atomic E-state index is 11.7. The molecule has 0 saturated heterocycles. The van der Waals surface area contributed by atoms with Crippen molar-refractivity contribution in [1.82, 2.24) is 14.8 Å². The van der Waals surface area contributed by atoms with E-state index in [4.69, 9.17) is 5.41 Å². The van der Waals surface area contributed by atoms with Gasteiger partial charge in [-0.05, 0) is 25.0 Å². The number of nitrogens with zero attached hydrogens (tertiary/aromatic N) is 2. The van der Waals surface area contributed by atoms with Crippen LogP contribution in [-0.4, -0.2) is 50.3 Å². The van der Waals surface area contributed by atoms with Crippen LogP contribution in [0.5, 0.6) is 0 Å². The molecule has 0 fully saturated rings. The molecule has 1 heterocycles. The van der Waals surface area contributed by atoms with Crippen LogP contribution in [0.2, 0.25) is 0 Å². The molecule has 0 atom stereocenters. The van der Waals surface area contributed by atoms with Crippen molar-refractivity contribution in [3.05, 3.63) is 24.5 Å². The summed E-state index contributed by atoms with van der Waals surface area (Å²) in [5, 5.41) is 13.6. The van der Waals surface area contributed by atoms with Gasteiger partial charge in [0.25, 0.3) is 0 Å². The minimum atomic E-state index is -3.30. The Morgan fingerprint density at radius 2 is 1.91 bits per heavy atom. The molecule has 0 saturated carbocycles. The van der Waals surface area contributed by atoms with Crippen LogP contribution < -0.4 is 10.6 Å². The molecule has 0 amide bonds. The van der Waals surface area contributed by atoms with Crippen molar-refractivity contribution in [3.63, 3.8) is 0 Å². The van der Waals surface area contributed by atoms with Gasteiger partial charge >= 0.3 is 0 Å². The number of hydrogen-bond acceptors (Lipinski definition) is 5. The summed E-state index contributed by atoms with van der Waals surface area (Å²) < 4.78 is 24.2. The highest BCUT2D eigenvalue weighted by atomic mass is 32.2. The Labute approximate surface area is 137 Å². The number of unbranched alkanes of at least 4 members (excludes halogenated alkanes) is 3. The third-order valence-corrected chi connectivity index (χ3v) is 4.97. The summed E-state index contributed by atoms with van der Waals surface area (Å²) in [4.78, 5) is 8.59. The van der Waals surface area contributed by atoms with E-state index in [9.17, 15) is 8.42 Å². The number of pyridine rings is 1. The first-order chi connectivity index (χ1) is 11.0. The quantitative estimate of drug-likeness (QED) is 0.256. The van der Waals surface area contributed by atoms with Crippen LogP contribution in [0.15, 0.2) is 24.5 Å². The van der Waals surface area contributed by atoms with Crippen molar-refractivity contribution in [1.29, 1.82) is 5.41 Å². The molecule has 0 radical (unpaired) electrons. The molecule has 0 aromatic carbocycles. The molecular formula is C14H25N5O3S. The standard InChI is InChI=1S/C14H25N5O3S/c1-19(22-2)23(20,21)12-6-4-3-5-9-17-14(15)18-13-7-10-16-11-8-13/h7-8,10-11H,3-6,9,12H2,1-2H3,(H3,15,16,17,18). The summed E-state index contributed by atoms with van der Waals surface area (Å²) in [5.74, 6) is 0.324. The van der Waals surface area contributed by atoms with Gasteiger partial charge in [-0.3, -0.25) is 15.2 Å². The van der Waals surface area contributed by atoms with Crippen LogP contribution in [0.1, 0.15) is 25.7 Å². The third kappa shape index (κ3) is 7.91. The van der Waals surface area contributed by atoms with Gasteiger partial charge in [-0.2, -0.15) is 0 Å². The van der Waals surface area contributed by atoms with Crippen LogP contribution in [-0.2, 0) is 14.9 Å². The number of sulfonamides is 1. The van der Waals surface area contributed by atoms with Gasteiger partial charge in [0.1, 0.15) is 0 Å². The normalized spacial score (nSPS) is 11.4. The molecule has 3 N–H and O–H groups in total. The van der Waals surface area contributed by atoms with Crippen LogP contribution in [0.3, 0.4) is 0 Å². The largest absolute Gasteiger partial charge is 0.356 e. The molecule has 0 unspecified atom stereocenters. The first kappa shape index (κ1) is 19.3. The van der Waals surface area contributed by atoms with Crippen LogP contribution in [0, 0.1) is 5.41 Å². The van der Waals surface area contributed by atoms with Crippen molar-refractivity contribution in [3.8, 4) is 0 Å². The van der Waals surface area contributed by atoms with Gasteiger partial charge < -0.3 is 10.6 Å². The molecule has 8 nitrogen and oxygen atoms in total. The lowest BCUT2D eigenvalue weighted by Gasteiger charge is -2.13. The van der Waals surface area contributed by atoms with Gasteiger partial charge in [0.2, 0.25) is 10.0 Å².